The summed E-state index contributed by atoms with van der Waals surface area (Å²) in [6.45, 7) is 0.205. The number of alkyl halides is 3. The number of benzene rings is 1. The van der Waals surface area contributed by atoms with Gasteiger partial charge in [-0.05, 0) is 31.0 Å². The summed E-state index contributed by atoms with van der Waals surface area (Å²) in [6.07, 6.45) is -3.81. The highest BCUT2D eigenvalue weighted by Gasteiger charge is 2.41. The Hall–Kier alpha value is -1.48. The number of hydrogen-bond donors (Lipinski definition) is 2. The van der Waals surface area contributed by atoms with Crippen molar-refractivity contribution in [2.45, 2.75) is 23.9 Å². The molecule has 1 fully saturated rings. The fraction of sp³-hybridized carbons (Fsp3) is 0.500. The Morgan fingerprint density at radius 1 is 1.24 bits per heavy atom. The van der Waals surface area contributed by atoms with Crippen LogP contribution in [-0.2, 0) is 10.0 Å². The third kappa shape index (κ3) is 3.79. The zero-order valence-electron chi connectivity index (χ0n) is 11.1. The van der Waals surface area contributed by atoms with E-state index >= 15 is 0 Å². The molecule has 118 valence electrons. The van der Waals surface area contributed by atoms with E-state index in [0.29, 0.717) is 18.7 Å². The molecule has 1 atom stereocenters. The smallest absolute Gasteiger partial charge is 0.393 e. The lowest BCUT2D eigenvalue weighted by molar-refractivity contribution is -0.175. The van der Waals surface area contributed by atoms with E-state index in [1.165, 1.54) is 23.1 Å². The van der Waals surface area contributed by atoms with Crippen LogP contribution in [0.1, 0.15) is 12.8 Å². The van der Waals surface area contributed by atoms with Crippen molar-refractivity contribution in [1.29, 1.82) is 0 Å². The molecule has 1 aromatic rings. The van der Waals surface area contributed by atoms with Crippen molar-refractivity contribution < 1.29 is 21.6 Å². The summed E-state index contributed by atoms with van der Waals surface area (Å²) < 4.78 is 61.2. The highest BCUT2D eigenvalue weighted by atomic mass is 32.2. The molecule has 0 bridgehead atoms. The standard InChI is InChI=1S/C12H16F3N3O2S/c13-12(14,15)8-2-1-3-18(7-8)10-4-9(16)5-11(6-10)21(17,19)20/h4-6,8H,1-3,7,16H2,(H2,17,19,20). The highest BCUT2D eigenvalue weighted by molar-refractivity contribution is 7.89. The van der Waals surface area contributed by atoms with Gasteiger partial charge < -0.3 is 10.6 Å². The van der Waals surface area contributed by atoms with Crippen molar-refractivity contribution in [3.63, 3.8) is 0 Å². The number of piperidine rings is 1. The Kier molecular flexibility index (Phi) is 4.07. The molecule has 4 N–H and O–H groups in total. The zero-order valence-corrected chi connectivity index (χ0v) is 11.9. The first kappa shape index (κ1) is 15.9. The third-order valence-corrected chi connectivity index (χ3v) is 4.38. The summed E-state index contributed by atoms with van der Waals surface area (Å²) >= 11 is 0. The lowest BCUT2D eigenvalue weighted by atomic mass is 9.97. The van der Waals surface area contributed by atoms with Crippen LogP contribution in [0.3, 0.4) is 0 Å². The van der Waals surface area contributed by atoms with Gasteiger partial charge in [0.2, 0.25) is 10.0 Å². The van der Waals surface area contributed by atoms with E-state index in [-0.39, 0.29) is 23.5 Å². The van der Waals surface area contributed by atoms with Gasteiger partial charge in [-0.15, -0.1) is 0 Å². The minimum Gasteiger partial charge on any atom is -0.399 e. The molecule has 1 heterocycles. The summed E-state index contributed by atoms with van der Waals surface area (Å²) in [5.41, 5.74) is 6.10. The number of nitrogen functional groups attached to an aromatic ring is 1. The average molecular weight is 323 g/mol. The fourth-order valence-corrected chi connectivity index (χ4v) is 3.02. The number of anilines is 2. The normalized spacial score (nSPS) is 20.6. The van der Waals surface area contributed by atoms with Crippen LogP contribution in [0.4, 0.5) is 24.5 Å². The van der Waals surface area contributed by atoms with E-state index < -0.39 is 22.1 Å². The Labute approximate surface area is 120 Å². The molecule has 1 aromatic carbocycles. The van der Waals surface area contributed by atoms with E-state index in [1.54, 1.807) is 0 Å². The Bertz CT molecular complexity index is 631. The van der Waals surface area contributed by atoms with Gasteiger partial charge in [0.1, 0.15) is 0 Å². The number of rotatable bonds is 2. The first-order chi connectivity index (χ1) is 9.57. The number of nitrogens with two attached hydrogens (primary N) is 2. The fourth-order valence-electron chi connectivity index (χ4n) is 2.43. The molecule has 9 heteroatoms. The van der Waals surface area contributed by atoms with Crippen LogP contribution in [0.25, 0.3) is 0 Å². The molecule has 0 amide bonds. The van der Waals surface area contributed by atoms with Gasteiger partial charge in [0.05, 0.1) is 10.8 Å². The van der Waals surface area contributed by atoms with E-state index in [1.807, 2.05) is 0 Å². The third-order valence-electron chi connectivity index (χ3n) is 3.49. The predicted octanol–water partition coefficient (Wildman–Crippen LogP) is 1.69. The topological polar surface area (TPSA) is 89.4 Å². The Morgan fingerprint density at radius 3 is 2.48 bits per heavy atom. The van der Waals surface area contributed by atoms with Crippen molar-refractivity contribution >= 4 is 21.4 Å². The average Bonchev–Trinajstić information content (AvgIpc) is 2.36. The predicted molar refractivity (Wildman–Crippen MR) is 73.2 cm³/mol. The number of primary sulfonamides is 1. The minimum absolute atomic E-state index is 0.0738. The van der Waals surface area contributed by atoms with Crippen LogP contribution in [0.5, 0.6) is 0 Å². The molecule has 1 unspecified atom stereocenters. The highest BCUT2D eigenvalue weighted by Crippen LogP contribution is 2.35. The van der Waals surface area contributed by atoms with Crippen LogP contribution >= 0.6 is 0 Å². The SMILES string of the molecule is Nc1cc(N2CCCC(C(F)(F)F)C2)cc(S(N)(=O)=O)c1. The van der Waals surface area contributed by atoms with Gasteiger partial charge in [-0.2, -0.15) is 13.2 Å². The molecule has 0 aromatic heterocycles. The van der Waals surface area contributed by atoms with Crippen molar-refractivity contribution in [2.75, 3.05) is 23.7 Å². The van der Waals surface area contributed by atoms with E-state index in [9.17, 15) is 21.6 Å². The second-order valence-corrected chi connectivity index (χ2v) is 6.69. The molecule has 1 aliphatic rings. The number of nitrogens with zero attached hydrogens (tertiary/aromatic N) is 1. The van der Waals surface area contributed by atoms with Crippen LogP contribution in [0.2, 0.25) is 0 Å². The molecule has 0 aliphatic carbocycles. The van der Waals surface area contributed by atoms with Crippen LogP contribution in [0, 0.1) is 5.92 Å². The van der Waals surface area contributed by atoms with Crippen molar-refractivity contribution in [3.8, 4) is 0 Å². The molecular formula is C12H16F3N3O2S. The molecule has 2 rings (SSSR count). The van der Waals surface area contributed by atoms with Crippen LogP contribution in [-0.4, -0.2) is 27.7 Å². The van der Waals surface area contributed by atoms with Gasteiger partial charge >= 0.3 is 6.18 Å². The molecule has 21 heavy (non-hydrogen) atoms. The second kappa shape index (κ2) is 5.38. The van der Waals surface area contributed by atoms with Crippen LogP contribution in [0.15, 0.2) is 23.1 Å². The first-order valence-corrected chi connectivity index (χ1v) is 7.87. The monoisotopic (exact) mass is 323 g/mol. The lowest BCUT2D eigenvalue weighted by Gasteiger charge is -2.35. The summed E-state index contributed by atoms with van der Waals surface area (Å²) in [7, 11) is -3.96. The first-order valence-electron chi connectivity index (χ1n) is 6.32. The van der Waals surface area contributed by atoms with E-state index in [2.05, 4.69) is 0 Å². The number of halogens is 3. The zero-order chi connectivity index (χ0) is 15.8. The Balaban J connectivity index is 2.32. The van der Waals surface area contributed by atoms with Gasteiger partial charge in [0, 0.05) is 24.5 Å². The molecule has 1 saturated heterocycles. The summed E-state index contributed by atoms with van der Waals surface area (Å²) in [5, 5.41) is 5.04. The number of hydrogen-bond acceptors (Lipinski definition) is 4. The maximum absolute atomic E-state index is 12.8. The van der Waals surface area contributed by atoms with E-state index in [4.69, 9.17) is 10.9 Å². The molecule has 0 spiro atoms. The molecule has 0 radical (unpaired) electrons. The Morgan fingerprint density at radius 2 is 1.90 bits per heavy atom. The van der Waals surface area contributed by atoms with Gasteiger partial charge in [-0.1, -0.05) is 0 Å². The van der Waals surface area contributed by atoms with E-state index in [0.717, 1.165) is 0 Å². The largest absolute Gasteiger partial charge is 0.399 e. The molecule has 1 aliphatic heterocycles. The number of sulfonamides is 1. The maximum Gasteiger partial charge on any atom is 0.393 e. The van der Waals surface area contributed by atoms with Crippen LogP contribution < -0.4 is 15.8 Å². The second-order valence-electron chi connectivity index (χ2n) is 5.13. The summed E-state index contributed by atoms with van der Waals surface area (Å²) in [6, 6.07) is 3.89. The maximum atomic E-state index is 12.8. The van der Waals surface area contributed by atoms with Gasteiger partial charge in [0.15, 0.2) is 0 Å². The summed E-state index contributed by atoms with van der Waals surface area (Å²) in [4.78, 5) is 1.29. The summed E-state index contributed by atoms with van der Waals surface area (Å²) in [5.74, 6) is -1.43. The van der Waals surface area contributed by atoms with Crippen molar-refractivity contribution in [2.24, 2.45) is 11.1 Å². The lowest BCUT2D eigenvalue weighted by Crippen LogP contribution is -2.41. The minimum atomic E-state index is -4.26. The van der Waals surface area contributed by atoms with Gasteiger partial charge in [-0.3, -0.25) is 0 Å². The van der Waals surface area contributed by atoms with Gasteiger partial charge in [0.25, 0.3) is 0 Å². The molecule has 0 saturated carbocycles. The molecule has 5 nitrogen and oxygen atoms in total. The van der Waals surface area contributed by atoms with Crippen molar-refractivity contribution in [1.82, 2.24) is 0 Å². The van der Waals surface area contributed by atoms with Gasteiger partial charge in [-0.25, -0.2) is 13.6 Å². The van der Waals surface area contributed by atoms with Crippen molar-refractivity contribution in [3.05, 3.63) is 18.2 Å². The molecular weight excluding hydrogens is 307 g/mol. The quantitative estimate of drug-likeness (QED) is 0.811.